The third kappa shape index (κ3) is 3.74. The van der Waals surface area contributed by atoms with E-state index in [4.69, 9.17) is 0 Å². The summed E-state index contributed by atoms with van der Waals surface area (Å²) in [5, 5.41) is 2.91. The van der Waals surface area contributed by atoms with Crippen molar-refractivity contribution in [2.45, 2.75) is 6.92 Å². The minimum Gasteiger partial charge on any atom is -0.335 e. The summed E-state index contributed by atoms with van der Waals surface area (Å²) in [4.78, 5) is 28.3. The van der Waals surface area contributed by atoms with Crippen molar-refractivity contribution in [2.75, 3.05) is 31.5 Å². The number of amides is 3. The maximum atomic E-state index is 12.4. The normalized spacial score (nSPS) is 14.4. The number of nitrogens with zero attached hydrogens (tertiary/aromatic N) is 2. The lowest BCUT2D eigenvalue weighted by Gasteiger charge is -2.34. The SMILES string of the molecule is Cc1cccc(NC(=O)N2CCN(C(=O)c3ccccc3)CC2)c1. The molecule has 0 unspecified atom stereocenters. The number of hydrogen-bond donors (Lipinski definition) is 1. The summed E-state index contributed by atoms with van der Waals surface area (Å²) < 4.78 is 0. The average Bonchev–Trinajstić information content (AvgIpc) is 2.62. The first kappa shape index (κ1) is 16.1. The van der Waals surface area contributed by atoms with Gasteiger partial charge in [-0.2, -0.15) is 0 Å². The highest BCUT2D eigenvalue weighted by Crippen LogP contribution is 2.13. The van der Waals surface area contributed by atoms with Gasteiger partial charge < -0.3 is 15.1 Å². The number of piperazine rings is 1. The highest BCUT2D eigenvalue weighted by molar-refractivity contribution is 5.94. The molecule has 0 bridgehead atoms. The van der Waals surface area contributed by atoms with Crippen LogP contribution in [0.3, 0.4) is 0 Å². The van der Waals surface area contributed by atoms with Gasteiger partial charge in [0.15, 0.2) is 0 Å². The summed E-state index contributed by atoms with van der Waals surface area (Å²) in [6.45, 7) is 4.17. The summed E-state index contributed by atoms with van der Waals surface area (Å²) in [7, 11) is 0. The van der Waals surface area contributed by atoms with E-state index >= 15 is 0 Å². The van der Waals surface area contributed by atoms with Crippen LogP contribution in [-0.4, -0.2) is 47.9 Å². The Morgan fingerprint density at radius 1 is 0.875 bits per heavy atom. The monoisotopic (exact) mass is 323 g/mol. The summed E-state index contributed by atoms with van der Waals surface area (Å²) in [5.41, 5.74) is 2.59. The average molecular weight is 323 g/mol. The molecule has 0 saturated carbocycles. The predicted octanol–water partition coefficient (Wildman–Crippen LogP) is 2.98. The first-order valence-electron chi connectivity index (χ1n) is 8.10. The van der Waals surface area contributed by atoms with Gasteiger partial charge in [-0.05, 0) is 36.8 Å². The van der Waals surface area contributed by atoms with Crippen molar-refractivity contribution in [3.63, 3.8) is 0 Å². The van der Waals surface area contributed by atoms with Gasteiger partial charge >= 0.3 is 6.03 Å². The van der Waals surface area contributed by atoms with Crippen LogP contribution in [0.1, 0.15) is 15.9 Å². The van der Waals surface area contributed by atoms with E-state index in [1.165, 1.54) is 0 Å². The van der Waals surface area contributed by atoms with E-state index in [1.807, 2.05) is 61.5 Å². The van der Waals surface area contributed by atoms with E-state index in [-0.39, 0.29) is 11.9 Å². The van der Waals surface area contributed by atoms with Crippen molar-refractivity contribution in [3.8, 4) is 0 Å². The molecule has 5 nitrogen and oxygen atoms in total. The first-order valence-corrected chi connectivity index (χ1v) is 8.10. The highest BCUT2D eigenvalue weighted by Gasteiger charge is 2.24. The Kier molecular flexibility index (Phi) is 4.79. The van der Waals surface area contributed by atoms with Gasteiger partial charge in [-0.1, -0.05) is 30.3 Å². The Balaban J connectivity index is 1.55. The van der Waals surface area contributed by atoms with Crippen molar-refractivity contribution in [3.05, 3.63) is 65.7 Å². The Labute approximate surface area is 141 Å². The fraction of sp³-hybridized carbons (Fsp3) is 0.263. The van der Waals surface area contributed by atoms with Gasteiger partial charge in [-0.15, -0.1) is 0 Å². The Bertz CT molecular complexity index is 722. The lowest BCUT2D eigenvalue weighted by molar-refractivity contribution is 0.0671. The lowest BCUT2D eigenvalue weighted by atomic mass is 10.2. The Morgan fingerprint density at radius 3 is 2.21 bits per heavy atom. The third-order valence-corrected chi connectivity index (χ3v) is 4.14. The van der Waals surface area contributed by atoms with Crippen LogP contribution in [0.2, 0.25) is 0 Å². The molecule has 0 aromatic heterocycles. The number of rotatable bonds is 2. The van der Waals surface area contributed by atoms with Crippen LogP contribution >= 0.6 is 0 Å². The molecular formula is C19H21N3O2. The molecule has 1 heterocycles. The van der Waals surface area contributed by atoms with Gasteiger partial charge in [0, 0.05) is 37.4 Å². The number of nitrogens with one attached hydrogen (secondary N) is 1. The molecule has 3 amide bonds. The smallest absolute Gasteiger partial charge is 0.321 e. The minimum absolute atomic E-state index is 0.0225. The fourth-order valence-electron chi connectivity index (χ4n) is 2.80. The molecule has 0 radical (unpaired) electrons. The second-order valence-electron chi connectivity index (χ2n) is 5.94. The van der Waals surface area contributed by atoms with Gasteiger partial charge in [0.05, 0.1) is 0 Å². The summed E-state index contributed by atoms with van der Waals surface area (Å²) in [5.74, 6) is 0.0225. The number of anilines is 1. The van der Waals surface area contributed by atoms with Crippen LogP contribution in [0.4, 0.5) is 10.5 Å². The molecule has 5 heteroatoms. The standard InChI is InChI=1S/C19H21N3O2/c1-15-6-5-9-17(14-15)20-19(24)22-12-10-21(11-13-22)18(23)16-7-3-2-4-8-16/h2-9,14H,10-13H2,1H3,(H,20,24). The van der Waals surface area contributed by atoms with E-state index in [2.05, 4.69) is 5.32 Å². The lowest BCUT2D eigenvalue weighted by Crippen LogP contribution is -2.51. The Morgan fingerprint density at radius 2 is 1.54 bits per heavy atom. The van der Waals surface area contributed by atoms with Gasteiger partial charge in [0.1, 0.15) is 0 Å². The quantitative estimate of drug-likeness (QED) is 0.924. The third-order valence-electron chi connectivity index (χ3n) is 4.14. The Hall–Kier alpha value is -2.82. The molecule has 1 saturated heterocycles. The van der Waals surface area contributed by atoms with Crippen molar-refractivity contribution in [2.24, 2.45) is 0 Å². The number of carbonyl (C=O) groups is 2. The second kappa shape index (κ2) is 7.17. The zero-order chi connectivity index (χ0) is 16.9. The molecule has 0 aliphatic carbocycles. The van der Waals surface area contributed by atoms with E-state index < -0.39 is 0 Å². The molecule has 1 N–H and O–H groups in total. The maximum absolute atomic E-state index is 12.4. The van der Waals surface area contributed by atoms with Crippen LogP contribution in [0.15, 0.2) is 54.6 Å². The number of aryl methyl sites for hydroxylation is 1. The van der Waals surface area contributed by atoms with Gasteiger partial charge in [0.25, 0.3) is 5.91 Å². The van der Waals surface area contributed by atoms with Gasteiger partial charge in [-0.25, -0.2) is 4.79 Å². The number of carbonyl (C=O) groups excluding carboxylic acids is 2. The second-order valence-corrected chi connectivity index (χ2v) is 5.94. The van der Waals surface area contributed by atoms with Crippen molar-refractivity contribution < 1.29 is 9.59 Å². The van der Waals surface area contributed by atoms with Crippen LogP contribution in [-0.2, 0) is 0 Å². The molecule has 2 aromatic rings. The van der Waals surface area contributed by atoms with Crippen LogP contribution in [0, 0.1) is 6.92 Å². The molecule has 2 aromatic carbocycles. The maximum Gasteiger partial charge on any atom is 0.321 e. The summed E-state index contributed by atoms with van der Waals surface area (Å²) >= 11 is 0. The van der Waals surface area contributed by atoms with Crippen molar-refractivity contribution >= 4 is 17.6 Å². The highest BCUT2D eigenvalue weighted by atomic mass is 16.2. The number of benzene rings is 2. The van der Waals surface area contributed by atoms with Crippen LogP contribution in [0.25, 0.3) is 0 Å². The minimum atomic E-state index is -0.118. The molecule has 1 aliphatic rings. The molecule has 124 valence electrons. The molecule has 1 fully saturated rings. The molecule has 1 aliphatic heterocycles. The summed E-state index contributed by atoms with van der Waals surface area (Å²) in [6.07, 6.45) is 0. The number of urea groups is 1. The van der Waals surface area contributed by atoms with E-state index in [0.29, 0.717) is 31.7 Å². The molecule has 0 atom stereocenters. The molecule has 24 heavy (non-hydrogen) atoms. The van der Waals surface area contributed by atoms with Crippen molar-refractivity contribution in [1.29, 1.82) is 0 Å². The van der Waals surface area contributed by atoms with Crippen LogP contribution in [0.5, 0.6) is 0 Å². The molecule has 0 spiro atoms. The predicted molar refractivity (Wildman–Crippen MR) is 94.1 cm³/mol. The number of hydrogen-bond acceptors (Lipinski definition) is 2. The molecular weight excluding hydrogens is 302 g/mol. The van der Waals surface area contributed by atoms with E-state index in [1.54, 1.807) is 9.80 Å². The zero-order valence-electron chi connectivity index (χ0n) is 13.7. The van der Waals surface area contributed by atoms with Gasteiger partial charge in [0.2, 0.25) is 0 Å². The van der Waals surface area contributed by atoms with E-state index in [9.17, 15) is 9.59 Å². The first-order chi connectivity index (χ1) is 11.6. The van der Waals surface area contributed by atoms with E-state index in [0.717, 1.165) is 11.3 Å². The largest absolute Gasteiger partial charge is 0.335 e. The van der Waals surface area contributed by atoms with Crippen LogP contribution < -0.4 is 5.32 Å². The fourth-order valence-corrected chi connectivity index (χ4v) is 2.80. The molecule has 3 rings (SSSR count). The topological polar surface area (TPSA) is 52.7 Å². The summed E-state index contributed by atoms with van der Waals surface area (Å²) in [6, 6.07) is 16.9. The van der Waals surface area contributed by atoms with Gasteiger partial charge in [-0.3, -0.25) is 4.79 Å². The van der Waals surface area contributed by atoms with Crippen molar-refractivity contribution in [1.82, 2.24) is 9.80 Å². The zero-order valence-corrected chi connectivity index (χ0v) is 13.7.